The minimum Gasteiger partial charge on any atom is -0.480 e. The van der Waals surface area contributed by atoms with E-state index in [9.17, 15) is 4.79 Å². The first-order chi connectivity index (χ1) is 7.11. The Morgan fingerprint density at radius 1 is 1.60 bits per heavy atom. The Morgan fingerprint density at radius 2 is 2.27 bits per heavy atom. The molecular weight excluding hydrogens is 194 g/mol. The van der Waals surface area contributed by atoms with Gasteiger partial charge in [-0.15, -0.1) is 0 Å². The molecule has 5 nitrogen and oxygen atoms in total. The maximum atomic E-state index is 10.5. The molecule has 0 heterocycles. The first-order valence-electron chi connectivity index (χ1n) is 5.10. The van der Waals surface area contributed by atoms with Gasteiger partial charge in [0.05, 0.1) is 18.7 Å². The number of azo groups is 1. The fourth-order valence-corrected chi connectivity index (χ4v) is 1.02. The Labute approximate surface area is 89.8 Å². The van der Waals surface area contributed by atoms with E-state index in [-0.39, 0.29) is 12.5 Å². The number of hydrogen-bond acceptors (Lipinski definition) is 4. The van der Waals surface area contributed by atoms with Crippen LogP contribution in [-0.2, 0) is 4.79 Å². The highest BCUT2D eigenvalue weighted by Gasteiger charge is 2.19. The van der Waals surface area contributed by atoms with E-state index in [0.717, 1.165) is 12.8 Å². The van der Waals surface area contributed by atoms with Crippen molar-refractivity contribution < 1.29 is 9.90 Å². The number of unbranched alkanes of at least 4 members (excludes halogenated alkanes) is 1. The van der Waals surface area contributed by atoms with E-state index >= 15 is 0 Å². The Bertz CT molecular complexity index is 258. The zero-order chi connectivity index (χ0) is 11.7. The van der Waals surface area contributed by atoms with E-state index in [1.165, 1.54) is 0 Å². The molecule has 2 atom stereocenters. The number of nitrogens with zero attached hydrogens (tertiary/aromatic N) is 3. The van der Waals surface area contributed by atoms with Gasteiger partial charge in [-0.1, -0.05) is 13.3 Å². The van der Waals surface area contributed by atoms with Crippen LogP contribution in [0, 0.1) is 17.2 Å². The van der Waals surface area contributed by atoms with E-state index in [1.807, 2.05) is 0 Å². The van der Waals surface area contributed by atoms with Gasteiger partial charge >= 0.3 is 5.97 Å². The van der Waals surface area contributed by atoms with E-state index in [2.05, 4.69) is 17.2 Å². The number of nitriles is 1. The second-order valence-corrected chi connectivity index (χ2v) is 3.44. The first-order valence-corrected chi connectivity index (χ1v) is 5.10. The van der Waals surface area contributed by atoms with Crippen molar-refractivity contribution in [1.29, 1.82) is 5.26 Å². The highest BCUT2D eigenvalue weighted by atomic mass is 16.4. The molecule has 2 unspecified atom stereocenters. The van der Waals surface area contributed by atoms with E-state index < -0.39 is 11.9 Å². The minimum absolute atomic E-state index is 0.206. The lowest BCUT2D eigenvalue weighted by Gasteiger charge is -2.06. The van der Waals surface area contributed by atoms with Crippen molar-refractivity contribution in [1.82, 2.24) is 0 Å². The highest BCUT2D eigenvalue weighted by molar-refractivity contribution is 5.72. The van der Waals surface area contributed by atoms with Crippen molar-refractivity contribution in [3.63, 3.8) is 0 Å². The van der Waals surface area contributed by atoms with Crippen LogP contribution in [0.2, 0.25) is 0 Å². The molecule has 0 aliphatic rings. The van der Waals surface area contributed by atoms with Crippen molar-refractivity contribution >= 4 is 5.97 Å². The van der Waals surface area contributed by atoms with Crippen LogP contribution in [0.1, 0.15) is 33.1 Å². The number of hydrogen-bond donors (Lipinski definition) is 1. The van der Waals surface area contributed by atoms with E-state index in [0.29, 0.717) is 6.54 Å². The molecule has 0 aliphatic heterocycles. The molecule has 15 heavy (non-hydrogen) atoms. The summed E-state index contributed by atoms with van der Waals surface area (Å²) < 4.78 is 0. The fourth-order valence-electron chi connectivity index (χ4n) is 1.02. The van der Waals surface area contributed by atoms with Crippen LogP contribution in [0.4, 0.5) is 0 Å². The topological polar surface area (TPSA) is 85.8 Å². The minimum atomic E-state index is -1.09. The average Bonchev–Trinajstić information content (AvgIpc) is 2.20. The summed E-state index contributed by atoms with van der Waals surface area (Å²) >= 11 is 0. The number of carbonyl (C=O) groups is 1. The SMILES string of the molecule is CCCCN=NC(C)CC(C#N)C(=O)O. The van der Waals surface area contributed by atoms with Gasteiger partial charge in [0.2, 0.25) is 0 Å². The predicted molar refractivity (Wildman–Crippen MR) is 55.4 cm³/mol. The van der Waals surface area contributed by atoms with Crippen molar-refractivity contribution in [2.24, 2.45) is 16.1 Å². The third kappa shape index (κ3) is 6.61. The summed E-state index contributed by atoms with van der Waals surface area (Å²) in [5.74, 6) is -2.07. The van der Waals surface area contributed by atoms with Gasteiger partial charge in [-0.2, -0.15) is 15.5 Å². The number of aliphatic carboxylic acids is 1. The Hall–Kier alpha value is -1.44. The second-order valence-electron chi connectivity index (χ2n) is 3.44. The standard InChI is InChI=1S/C10H17N3O2/c1-3-4-5-12-13-8(2)6-9(7-11)10(14)15/h8-9H,3-6H2,1-2H3,(H,14,15). The van der Waals surface area contributed by atoms with Gasteiger partial charge in [-0.25, -0.2) is 0 Å². The first kappa shape index (κ1) is 13.6. The normalized spacial score (nSPS) is 14.7. The lowest BCUT2D eigenvalue weighted by Crippen LogP contribution is -2.16. The summed E-state index contributed by atoms with van der Waals surface area (Å²) in [7, 11) is 0. The third-order valence-corrected chi connectivity index (χ3v) is 1.92. The van der Waals surface area contributed by atoms with Crippen LogP contribution in [-0.4, -0.2) is 23.7 Å². The summed E-state index contributed by atoms with van der Waals surface area (Å²) in [5, 5.41) is 25.1. The molecule has 0 fully saturated rings. The van der Waals surface area contributed by atoms with E-state index in [4.69, 9.17) is 10.4 Å². The summed E-state index contributed by atoms with van der Waals surface area (Å²) in [6, 6.07) is 1.53. The van der Waals surface area contributed by atoms with Crippen molar-refractivity contribution in [2.45, 2.75) is 39.2 Å². The zero-order valence-electron chi connectivity index (χ0n) is 9.18. The third-order valence-electron chi connectivity index (χ3n) is 1.92. The van der Waals surface area contributed by atoms with E-state index in [1.54, 1.807) is 13.0 Å². The van der Waals surface area contributed by atoms with Gasteiger partial charge in [0.25, 0.3) is 0 Å². The zero-order valence-corrected chi connectivity index (χ0v) is 9.18. The molecule has 0 radical (unpaired) electrons. The molecule has 0 aliphatic carbocycles. The van der Waals surface area contributed by atoms with Gasteiger partial charge < -0.3 is 5.11 Å². The maximum Gasteiger partial charge on any atom is 0.320 e. The molecule has 0 saturated heterocycles. The highest BCUT2D eigenvalue weighted by Crippen LogP contribution is 2.09. The number of rotatable bonds is 7. The van der Waals surface area contributed by atoms with Crippen LogP contribution < -0.4 is 0 Å². The molecule has 5 heteroatoms. The summed E-state index contributed by atoms with van der Waals surface area (Å²) in [6.07, 6.45) is 2.27. The molecule has 1 N–H and O–H groups in total. The van der Waals surface area contributed by atoms with Crippen LogP contribution >= 0.6 is 0 Å². The molecule has 0 spiro atoms. The summed E-state index contributed by atoms with van der Waals surface area (Å²) in [6.45, 7) is 4.50. The Morgan fingerprint density at radius 3 is 2.73 bits per heavy atom. The molecule has 0 aromatic heterocycles. The predicted octanol–water partition coefficient (Wildman–Crippen LogP) is 2.24. The van der Waals surface area contributed by atoms with Crippen molar-refractivity contribution in [2.75, 3.05) is 6.54 Å². The van der Waals surface area contributed by atoms with Crippen LogP contribution in [0.15, 0.2) is 10.2 Å². The average molecular weight is 211 g/mol. The second kappa shape index (κ2) is 7.92. The number of carboxylic acids is 1. The number of carboxylic acid groups (broad SMARTS) is 1. The molecule has 0 bridgehead atoms. The van der Waals surface area contributed by atoms with Gasteiger partial charge in [0, 0.05) is 0 Å². The molecule has 84 valence electrons. The summed E-state index contributed by atoms with van der Waals surface area (Å²) in [4.78, 5) is 10.5. The Kier molecular flexibility index (Phi) is 7.16. The largest absolute Gasteiger partial charge is 0.480 e. The van der Waals surface area contributed by atoms with Crippen molar-refractivity contribution in [3.8, 4) is 6.07 Å². The maximum absolute atomic E-state index is 10.5. The molecule has 0 saturated carbocycles. The molecular formula is C10H17N3O2. The molecule has 0 aromatic carbocycles. The smallest absolute Gasteiger partial charge is 0.320 e. The van der Waals surface area contributed by atoms with Gasteiger partial charge in [-0.05, 0) is 19.8 Å². The fraction of sp³-hybridized carbons (Fsp3) is 0.800. The van der Waals surface area contributed by atoms with Gasteiger partial charge in [0.1, 0.15) is 5.92 Å². The van der Waals surface area contributed by atoms with Crippen LogP contribution in [0.25, 0.3) is 0 Å². The van der Waals surface area contributed by atoms with Crippen molar-refractivity contribution in [3.05, 3.63) is 0 Å². The lowest BCUT2D eigenvalue weighted by atomic mass is 10.0. The molecule has 0 amide bonds. The van der Waals surface area contributed by atoms with Crippen LogP contribution in [0.3, 0.4) is 0 Å². The molecule has 0 rings (SSSR count). The Balaban J connectivity index is 3.91. The van der Waals surface area contributed by atoms with Crippen LogP contribution in [0.5, 0.6) is 0 Å². The molecule has 0 aromatic rings. The summed E-state index contributed by atoms with van der Waals surface area (Å²) in [5.41, 5.74) is 0. The van der Waals surface area contributed by atoms with Gasteiger partial charge in [0.15, 0.2) is 0 Å². The quantitative estimate of drug-likeness (QED) is 0.517. The lowest BCUT2D eigenvalue weighted by molar-refractivity contribution is -0.140. The van der Waals surface area contributed by atoms with Gasteiger partial charge in [-0.3, -0.25) is 4.79 Å². The monoisotopic (exact) mass is 211 g/mol.